The quantitative estimate of drug-likeness (QED) is 0.422. The van der Waals surface area contributed by atoms with Crippen LogP contribution in [0.2, 0.25) is 0 Å². The molecule has 178 valence electrons. The van der Waals surface area contributed by atoms with Crippen molar-refractivity contribution in [3.63, 3.8) is 0 Å². The van der Waals surface area contributed by atoms with Crippen LogP contribution in [0.15, 0.2) is 66.7 Å². The van der Waals surface area contributed by atoms with E-state index in [1.807, 2.05) is 39.0 Å². The second kappa shape index (κ2) is 9.54. The second-order valence-corrected chi connectivity index (χ2v) is 8.74. The normalized spacial score (nSPS) is 14.3. The summed E-state index contributed by atoms with van der Waals surface area (Å²) < 4.78 is 5.64. The summed E-state index contributed by atoms with van der Waals surface area (Å²) in [6.45, 7) is 7.01. The second-order valence-electron chi connectivity index (χ2n) is 8.74. The van der Waals surface area contributed by atoms with E-state index in [4.69, 9.17) is 4.74 Å². The monoisotopic (exact) mass is 470 g/mol. The molecule has 0 aliphatic carbocycles. The van der Waals surface area contributed by atoms with Crippen LogP contribution in [-0.2, 0) is 14.3 Å². The number of anilines is 1. The molecule has 1 aliphatic rings. The molecule has 0 saturated heterocycles. The number of carbonyl (C=O) groups is 4. The SMILES string of the molecule is Cc1ccc(C)c(NC(=O)C(OC(=O)C(C)N2C(=O)c3ccc(C)cc3C2=O)c2ccccc2)c1. The molecule has 0 bridgehead atoms. The molecule has 1 heterocycles. The van der Waals surface area contributed by atoms with Crippen LogP contribution in [0.3, 0.4) is 0 Å². The van der Waals surface area contributed by atoms with E-state index in [0.29, 0.717) is 11.3 Å². The van der Waals surface area contributed by atoms with Gasteiger partial charge in [0.05, 0.1) is 11.1 Å². The van der Waals surface area contributed by atoms with Gasteiger partial charge in [-0.2, -0.15) is 0 Å². The largest absolute Gasteiger partial charge is 0.446 e. The summed E-state index contributed by atoms with van der Waals surface area (Å²) in [4.78, 5) is 53.1. The predicted octanol–water partition coefficient (Wildman–Crippen LogP) is 4.52. The average Bonchev–Trinajstić information content (AvgIpc) is 3.08. The fraction of sp³-hybridized carbons (Fsp3) is 0.214. The first-order chi connectivity index (χ1) is 16.7. The number of imide groups is 1. The molecule has 3 aromatic rings. The van der Waals surface area contributed by atoms with E-state index in [2.05, 4.69) is 5.32 Å². The van der Waals surface area contributed by atoms with Gasteiger partial charge in [-0.15, -0.1) is 0 Å². The van der Waals surface area contributed by atoms with Crippen LogP contribution in [0.1, 0.15) is 56.0 Å². The van der Waals surface area contributed by atoms with Crippen LogP contribution in [0.4, 0.5) is 5.69 Å². The van der Waals surface area contributed by atoms with E-state index >= 15 is 0 Å². The molecule has 0 spiro atoms. The van der Waals surface area contributed by atoms with E-state index < -0.39 is 35.8 Å². The molecule has 2 atom stereocenters. The molecular formula is C28H26N2O5. The Labute approximate surface area is 203 Å². The molecule has 4 rings (SSSR count). The van der Waals surface area contributed by atoms with Gasteiger partial charge in [0.2, 0.25) is 6.10 Å². The lowest BCUT2D eigenvalue weighted by Gasteiger charge is -2.24. The van der Waals surface area contributed by atoms with Gasteiger partial charge in [0, 0.05) is 11.3 Å². The van der Waals surface area contributed by atoms with Crippen LogP contribution in [0.5, 0.6) is 0 Å². The number of aryl methyl sites for hydroxylation is 3. The lowest BCUT2D eigenvalue weighted by Crippen LogP contribution is -2.44. The van der Waals surface area contributed by atoms with Gasteiger partial charge in [0.1, 0.15) is 6.04 Å². The molecule has 7 heteroatoms. The van der Waals surface area contributed by atoms with Crippen molar-refractivity contribution >= 4 is 29.4 Å². The molecular weight excluding hydrogens is 444 g/mol. The Balaban J connectivity index is 1.58. The average molecular weight is 471 g/mol. The molecule has 1 N–H and O–H groups in total. The van der Waals surface area contributed by atoms with Crippen molar-refractivity contribution in [1.29, 1.82) is 0 Å². The Hall–Kier alpha value is -4.26. The number of rotatable bonds is 6. The number of benzene rings is 3. The van der Waals surface area contributed by atoms with Gasteiger partial charge < -0.3 is 10.1 Å². The maximum atomic E-state index is 13.3. The third kappa shape index (κ3) is 4.71. The fourth-order valence-corrected chi connectivity index (χ4v) is 4.01. The van der Waals surface area contributed by atoms with E-state index in [1.165, 1.54) is 6.92 Å². The predicted molar refractivity (Wildman–Crippen MR) is 131 cm³/mol. The Kier molecular flexibility index (Phi) is 6.51. The van der Waals surface area contributed by atoms with E-state index in [1.54, 1.807) is 48.5 Å². The zero-order valence-electron chi connectivity index (χ0n) is 20.0. The van der Waals surface area contributed by atoms with Gasteiger partial charge in [-0.3, -0.25) is 19.3 Å². The van der Waals surface area contributed by atoms with Gasteiger partial charge in [-0.1, -0.05) is 54.1 Å². The summed E-state index contributed by atoms with van der Waals surface area (Å²) in [5.74, 6) is -2.52. The molecule has 0 fully saturated rings. The van der Waals surface area contributed by atoms with Crippen LogP contribution in [-0.4, -0.2) is 34.6 Å². The standard InChI is InChI=1S/C28H26N2O5/c1-16-11-13-21-22(14-16)27(33)30(26(21)32)19(4)28(34)35-24(20-8-6-5-7-9-20)25(31)29-23-15-17(2)10-12-18(23)3/h5-15,19,24H,1-4H3,(H,29,31). The van der Waals surface area contributed by atoms with Crippen LogP contribution in [0.25, 0.3) is 0 Å². The highest BCUT2D eigenvalue weighted by Crippen LogP contribution is 2.28. The molecule has 7 nitrogen and oxygen atoms in total. The molecule has 0 aromatic heterocycles. The highest BCUT2D eigenvalue weighted by atomic mass is 16.5. The van der Waals surface area contributed by atoms with Gasteiger partial charge in [0.15, 0.2) is 0 Å². The minimum atomic E-state index is -1.27. The number of carbonyl (C=O) groups excluding carboxylic acids is 4. The van der Waals surface area contributed by atoms with Crippen molar-refractivity contribution in [1.82, 2.24) is 4.90 Å². The molecule has 3 aromatic carbocycles. The highest BCUT2D eigenvalue weighted by molar-refractivity contribution is 6.22. The van der Waals surface area contributed by atoms with Crippen molar-refractivity contribution in [2.24, 2.45) is 0 Å². The number of fused-ring (bicyclic) bond motifs is 1. The third-order valence-electron chi connectivity index (χ3n) is 6.03. The first kappa shape index (κ1) is 23.9. The van der Waals surface area contributed by atoms with Gasteiger partial charge in [0.25, 0.3) is 17.7 Å². The highest BCUT2D eigenvalue weighted by Gasteiger charge is 2.42. The number of esters is 1. The van der Waals surface area contributed by atoms with Crippen LogP contribution in [0, 0.1) is 20.8 Å². The summed E-state index contributed by atoms with van der Waals surface area (Å²) >= 11 is 0. The number of nitrogens with zero attached hydrogens (tertiary/aromatic N) is 1. The van der Waals surface area contributed by atoms with Crippen LogP contribution < -0.4 is 5.32 Å². The third-order valence-corrected chi connectivity index (χ3v) is 6.03. The Morgan fingerprint density at radius 1 is 0.829 bits per heavy atom. The van der Waals surface area contributed by atoms with E-state index in [0.717, 1.165) is 21.6 Å². The van der Waals surface area contributed by atoms with Gasteiger partial charge in [-0.25, -0.2) is 4.79 Å². The molecule has 2 unspecified atom stereocenters. The molecule has 3 amide bonds. The summed E-state index contributed by atoms with van der Waals surface area (Å²) in [7, 11) is 0. The molecule has 35 heavy (non-hydrogen) atoms. The van der Waals surface area contributed by atoms with Gasteiger partial charge in [-0.05, 0) is 57.0 Å². The van der Waals surface area contributed by atoms with E-state index in [9.17, 15) is 19.2 Å². The zero-order valence-corrected chi connectivity index (χ0v) is 20.0. The fourth-order valence-electron chi connectivity index (χ4n) is 4.01. The topological polar surface area (TPSA) is 92.8 Å². The Morgan fingerprint density at radius 2 is 1.46 bits per heavy atom. The summed E-state index contributed by atoms with van der Waals surface area (Å²) in [5.41, 5.74) is 4.22. The lowest BCUT2D eigenvalue weighted by atomic mass is 10.1. The minimum Gasteiger partial charge on any atom is -0.446 e. The van der Waals surface area contributed by atoms with Crippen molar-refractivity contribution in [3.8, 4) is 0 Å². The number of ether oxygens (including phenoxy) is 1. The van der Waals surface area contributed by atoms with E-state index in [-0.39, 0.29) is 11.1 Å². The van der Waals surface area contributed by atoms with Crippen molar-refractivity contribution < 1.29 is 23.9 Å². The molecule has 0 radical (unpaired) electrons. The van der Waals surface area contributed by atoms with Crippen molar-refractivity contribution in [2.75, 3.05) is 5.32 Å². The first-order valence-corrected chi connectivity index (χ1v) is 11.3. The maximum Gasteiger partial charge on any atom is 0.330 e. The summed E-state index contributed by atoms with van der Waals surface area (Å²) in [6, 6.07) is 18.0. The number of hydrogen-bond donors (Lipinski definition) is 1. The van der Waals surface area contributed by atoms with Gasteiger partial charge >= 0.3 is 5.97 Å². The van der Waals surface area contributed by atoms with Crippen molar-refractivity contribution in [3.05, 3.63) is 100 Å². The Bertz CT molecular complexity index is 1330. The van der Waals surface area contributed by atoms with Crippen LogP contribution >= 0.6 is 0 Å². The smallest absolute Gasteiger partial charge is 0.330 e. The summed E-state index contributed by atoms with van der Waals surface area (Å²) in [6.07, 6.45) is -1.27. The lowest BCUT2D eigenvalue weighted by molar-refractivity contribution is -0.158. The zero-order chi connectivity index (χ0) is 25.3. The molecule has 0 saturated carbocycles. The minimum absolute atomic E-state index is 0.243. The molecule has 1 aliphatic heterocycles. The maximum absolute atomic E-state index is 13.3. The number of amides is 3. The number of nitrogens with one attached hydrogen (secondary N) is 1. The van der Waals surface area contributed by atoms with Crippen molar-refractivity contribution in [2.45, 2.75) is 39.8 Å². The first-order valence-electron chi connectivity index (χ1n) is 11.3. The number of hydrogen-bond acceptors (Lipinski definition) is 5. The Morgan fingerprint density at radius 3 is 2.17 bits per heavy atom. The summed E-state index contributed by atoms with van der Waals surface area (Å²) in [5, 5.41) is 2.84.